The summed E-state index contributed by atoms with van der Waals surface area (Å²) in [6.07, 6.45) is 1.46. The van der Waals surface area contributed by atoms with Gasteiger partial charge in [0.15, 0.2) is 0 Å². The number of benzene rings is 2. The molecule has 12 heteroatoms. The Balaban J connectivity index is 0.00000267. The molecule has 2 heterocycles. The number of carbonyl (C=O) groups excluding carboxylic acids is 1. The van der Waals surface area contributed by atoms with Gasteiger partial charge in [0, 0.05) is 38.8 Å². The fraction of sp³-hybridized carbons (Fsp3) is 0.240. The number of nitrogens with zero attached hydrogens (tertiary/aromatic N) is 3. The van der Waals surface area contributed by atoms with Gasteiger partial charge in [0.1, 0.15) is 17.2 Å². The van der Waals surface area contributed by atoms with Crippen molar-refractivity contribution in [2.45, 2.75) is 24.3 Å². The fourth-order valence-electron chi connectivity index (χ4n) is 3.29. The number of aryl methyl sites for hydroxylation is 1. The molecule has 0 aliphatic rings. The lowest BCUT2D eigenvalue weighted by Gasteiger charge is -2.09. The molecule has 2 N–H and O–H groups in total. The maximum Gasteiger partial charge on any atom is 0.446 e. The molecular formula is C25H28F3N5O3S. The highest BCUT2D eigenvalue weighted by atomic mass is 32.2. The summed E-state index contributed by atoms with van der Waals surface area (Å²) in [4.78, 5) is 26.1. The summed E-state index contributed by atoms with van der Waals surface area (Å²) in [5, 5.41) is 3.12. The molecule has 0 bridgehead atoms. The predicted octanol–water partition coefficient (Wildman–Crippen LogP) is 6.93. The van der Waals surface area contributed by atoms with Crippen LogP contribution in [0.4, 0.5) is 24.8 Å². The number of anilines is 2. The van der Waals surface area contributed by atoms with Crippen LogP contribution in [0.25, 0.3) is 11.0 Å². The summed E-state index contributed by atoms with van der Waals surface area (Å²) in [5.41, 5.74) is 0.223. The minimum absolute atomic E-state index is 0. The number of imidazole rings is 1. The molecule has 4 rings (SSSR count). The lowest BCUT2D eigenvalue weighted by Crippen LogP contribution is -2.26. The van der Waals surface area contributed by atoms with Crippen molar-refractivity contribution in [2.24, 2.45) is 13.0 Å². The van der Waals surface area contributed by atoms with Crippen molar-refractivity contribution in [3.05, 3.63) is 66.5 Å². The van der Waals surface area contributed by atoms with Gasteiger partial charge in [-0.1, -0.05) is 13.8 Å². The number of thioether (sulfide) groups is 1. The number of fused-ring (bicyclic) bond motifs is 1. The molecule has 0 saturated heterocycles. The van der Waals surface area contributed by atoms with Gasteiger partial charge in [-0.25, -0.2) is 10.5 Å². The first-order valence-electron chi connectivity index (χ1n) is 11.2. The Morgan fingerprint density at radius 2 is 1.84 bits per heavy atom. The van der Waals surface area contributed by atoms with Crippen molar-refractivity contribution in [2.75, 3.05) is 11.9 Å². The second kappa shape index (κ2) is 11.1. The number of amides is 1. The van der Waals surface area contributed by atoms with Crippen molar-refractivity contribution in [3.8, 4) is 11.5 Å². The van der Waals surface area contributed by atoms with E-state index in [2.05, 4.69) is 20.8 Å². The van der Waals surface area contributed by atoms with Gasteiger partial charge in [0.2, 0.25) is 5.95 Å². The van der Waals surface area contributed by atoms with Gasteiger partial charge < -0.3 is 14.6 Å². The van der Waals surface area contributed by atoms with E-state index >= 15 is 0 Å². The second-order valence-corrected chi connectivity index (χ2v) is 9.60. The minimum Gasteiger partial charge on any atom is -0.457 e. The molecule has 0 radical (unpaired) electrons. The third-order valence-corrected chi connectivity index (χ3v) is 5.72. The molecule has 0 fully saturated rings. The first-order chi connectivity index (χ1) is 17.6. The van der Waals surface area contributed by atoms with Gasteiger partial charge in [0.05, 0.1) is 17.6 Å². The van der Waals surface area contributed by atoms with E-state index in [0.717, 1.165) is 5.52 Å². The molecule has 8 nitrogen and oxygen atoms in total. The van der Waals surface area contributed by atoms with Gasteiger partial charge in [-0.15, -0.1) is 0 Å². The standard InChI is InChI=1S/C25H24F3N5O3S.2H2/c1-15(2)14-35-32-23(34)21-13-18(10-11-29-21)36-17-6-9-22-20(12-17)31-24(33(22)3)30-16-4-7-19(8-5-16)37-25(26,27)28;;/h4-13,15H,14H2,1-3H3,(H,30,31)(H,32,34);2*1H. The number of alkyl halides is 3. The highest BCUT2D eigenvalue weighted by Crippen LogP contribution is 2.37. The third-order valence-electron chi connectivity index (χ3n) is 4.98. The molecule has 37 heavy (non-hydrogen) atoms. The Kier molecular flexibility index (Phi) is 7.89. The van der Waals surface area contributed by atoms with E-state index in [4.69, 9.17) is 9.57 Å². The first-order valence-corrected chi connectivity index (χ1v) is 12.0. The van der Waals surface area contributed by atoms with Gasteiger partial charge in [-0.05, 0) is 60.1 Å². The monoisotopic (exact) mass is 535 g/mol. The normalized spacial score (nSPS) is 11.6. The SMILES string of the molecule is CC(C)CONC(=O)c1cc(Oc2ccc3c(c2)nc(Nc2ccc(SC(F)(F)F)cc2)n3C)ccn1.[HH].[HH]. The first kappa shape index (κ1) is 26.3. The van der Waals surface area contributed by atoms with E-state index in [0.29, 0.717) is 35.3 Å². The Labute approximate surface area is 218 Å². The molecule has 2 aromatic carbocycles. The topological polar surface area (TPSA) is 90.3 Å². The summed E-state index contributed by atoms with van der Waals surface area (Å²) in [7, 11) is 1.82. The number of carbonyl (C=O) groups is 1. The van der Waals surface area contributed by atoms with Crippen LogP contribution in [0.3, 0.4) is 0 Å². The van der Waals surface area contributed by atoms with E-state index in [1.165, 1.54) is 24.4 Å². The van der Waals surface area contributed by atoms with Gasteiger partial charge >= 0.3 is 5.51 Å². The van der Waals surface area contributed by atoms with Crippen LogP contribution in [0.5, 0.6) is 11.5 Å². The van der Waals surface area contributed by atoms with Crippen LogP contribution in [-0.2, 0) is 11.9 Å². The van der Waals surface area contributed by atoms with E-state index in [1.54, 1.807) is 30.3 Å². The molecule has 0 spiro atoms. The van der Waals surface area contributed by atoms with Crippen LogP contribution >= 0.6 is 11.8 Å². The van der Waals surface area contributed by atoms with Crippen molar-refractivity contribution >= 4 is 40.3 Å². The average molecular weight is 536 g/mol. The molecular weight excluding hydrogens is 507 g/mol. The molecule has 198 valence electrons. The van der Waals surface area contributed by atoms with Gasteiger partial charge in [-0.2, -0.15) is 13.2 Å². The second-order valence-electron chi connectivity index (χ2n) is 8.46. The molecule has 0 atom stereocenters. The minimum atomic E-state index is -4.34. The van der Waals surface area contributed by atoms with Crippen LogP contribution in [0.2, 0.25) is 0 Å². The quantitative estimate of drug-likeness (QED) is 0.177. The van der Waals surface area contributed by atoms with E-state index in [9.17, 15) is 18.0 Å². The van der Waals surface area contributed by atoms with Crippen molar-refractivity contribution in [1.82, 2.24) is 20.0 Å². The number of ether oxygens (including phenoxy) is 1. The number of aromatic nitrogens is 3. The molecule has 0 saturated carbocycles. The smallest absolute Gasteiger partial charge is 0.446 e. The summed E-state index contributed by atoms with van der Waals surface area (Å²) >= 11 is -0.163. The number of nitrogens with one attached hydrogen (secondary N) is 2. The Morgan fingerprint density at radius 3 is 2.54 bits per heavy atom. The van der Waals surface area contributed by atoms with Crippen LogP contribution in [0.1, 0.15) is 27.2 Å². The van der Waals surface area contributed by atoms with Crippen molar-refractivity contribution < 1.29 is 30.4 Å². The maximum atomic E-state index is 12.6. The maximum absolute atomic E-state index is 12.6. The Morgan fingerprint density at radius 1 is 1.11 bits per heavy atom. The molecule has 2 aromatic heterocycles. The molecule has 4 aromatic rings. The summed E-state index contributed by atoms with van der Waals surface area (Å²) in [6.45, 7) is 4.31. The number of hydrogen-bond acceptors (Lipinski definition) is 7. The Hall–Kier alpha value is -3.77. The Bertz CT molecular complexity index is 1400. The van der Waals surface area contributed by atoms with Crippen LogP contribution in [-0.4, -0.2) is 32.6 Å². The lowest BCUT2D eigenvalue weighted by atomic mass is 10.2. The van der Waals surface area contributed by atoms with Crippen molar-refractivity contribution in [1.29, 1.82) is 0 Å². The third kappa shape index (κ3) is 7.14. The van der Waals surface area contributed by atoms with Crippen molar-refractivity contribution in [3.63, 3.8) is 0 Å². The number of pyridine rings is 1. The van der Waals surface area contributed by atoms with Crippen LogP contribution in [0.15, 0.2) is 65.7 Å². The van der Waals surface area contributed by atoms with E-state index < -0.39 is 11.4 Å². The number of hydroxylamine groups is 1. The zero-order valence-electron chi connectivity index (χ0n) is 20.2. The number of halogens is 3. The van der Waals surface area contributed by atoms with Gasteiger partial charge in [-0.3, -0.25) is 14.6 Å². The van der Waals surface area contributed by atoms with E-state index in [-0.39, 0.29) is 31.1 Å². The van der Waals surface area contributed by atoms with Gasteiger partial charge in [0.25, 0.3) is 5.91 Å². The zero-order valence-corrected chi connectivity index (χ0v) is 21.0. The van der Waals surface area contributed by atoms with Crippen LogP contribution in [0, 0.1) is 5.92 Å². The summed E-state index contributed by atoms with van der Waals surface area (Å²) < 4.78 is 45.4. The highest BCUT2D eigenvalue weighted by molar-refractivity contribution is 8.00. The molecule has 1 amide bonds. The summed E-state index contributed by atoms with van der Waals surface area (Å²) in [5.74, 6) is 1.21. The largest absolute Gasteiger partial charge is 0.457 e. The molecule has 0 aliphatic heterocycles. The lowest BCUT2D eigenvalue weighted by molar-refractivity contribution is -0.0328. The highest BCUT2D eigenvalue weighted by Gasteiger charge is 2.29. The number of rotatable bonds is 9. The molecule has 0 unspecified atom stereocenters. The van der Waals surface area contributed by atoms with E-state index in [1.807, 2.05) is 31.5 Å². The molecule has 0 aliphatic carbocycles. The number of hydrogen-bond donors (Lipinski definition) is 2. The zero-order chi connectivity index (χ0) is 26.6. The average Bonchev–Trinajstić information content (AvgIpc) is 3.13. The van der Waals surface area contributed by atoms with Crippen LogP contribution < -0.4 is 15.5 Å². The predicted molar refractivity (Wildman–Crippen MR) is 139 cm³/mol. The fourth-order valence-corrected chi connectivity index (χ4v) is 3.82. The summed E-state index contributed by atoms with van der Waals surface area (Å²) in [6, 6.07) is 14.4.